The van der Waals surface area contributed by atoms with Gasteiger partial charge >= 0.3 is 0 Å². The molecule has 0 aliphatic rings. The van der Waals surface area contributed by atoms with Crippen molar-refractivity contribution in [2.75, 3.05) is 20.6 Å². The lowest BCUT2D eigenvalue weighted by atomic mass is 10.2. The van der Waals surface area contributed by atoms with Crippen LogP contribution in [0.25, 0.3) is 0 Å². The number of aromatic nitrogens is 1. The Hall–Kier alpha value is -0.890. The summed E-state index contributed by atoms with van der Waals surface area (Å²) in [7, 11) is 3.83. The highest BCUT2D eigenvalue weighted by molar-refractivity contribution is 9.10. The first-order valence-corrected chi connectivity index (χ1v) is 5.80. The van der Waals surface area contributed by atoms with Crippen LogP contribution in [-0.2, 0) is 6.54 Å². The Morgan fingerprint density at radius 3 is 2.67 bits per heavy atom. The predicted octanol–water partition coefficient (Wildman–Crippen LogP) is 0.198. The zero-order chi connectivity index (χ0) is 13.0. The lowest BCUT2D eigenvalue weighted by molar-refractivity contribution is 0.0952. The second kappa shape index (κ2) is 7.52. The average molecular weight is 340 g/mol. The average Bonchev–Trinajstić information content (AvgIpc) is 2.29. The van der Waals surface area contributed by atoms with Crippen LogP contribution in [0.1, 0.15) is 10.4 Å². The van der Waals surface area contributed by atoms with E-state index in [1.807, 2.05) is 24.4 Å². The minimum Gasteiger partial charge on any atom is -0.312 e. The normalized spacial score (nSPS) is 10.1. The first-order chi connectivity index (χ1) is 7.95. The number of amides is 1. The third-order valence-electron chi connectivity index (χ3n) is 2.22. The molecule has 3 N–H and O–H groups in total. The molecule has 102 valence electrons. The molecular formula is C10H16BrClN4O2. The summed E-state index contributed by atoms with van der Waals surface area (Å²) < 4.78 is 1.83. The highest BCUT2D eigenvalue weighted by atomic mass is 79.9. The smallest absolute Gasteiger partial charge is 0.266 e. The van der Waals surface area contributed by atoms with E-state index in [9.17, 15) is 9.59 Å². The van der Waals surface area contributed by atoms with E-state index in [0.717, 1.165) is 0 Å². The lowest BCUT2D eigenvalue weighted by Crippen LogP contribution is -2.33. The van der Waals surface area contributed by atoms with E-state index in [2.05, 4.69) is 15.9 Å². The Labute approximate surface area is 120 Å². The quantitative estimate of drug-likeness (QED) is 0.466. The Bertz CT molecular complexity index is 475. The van der Waals surface area contributed by atoms with E-state index in [1.165, 1.54) is 16.8 Å². The summed E-state index contributed by atoms with van der Waals surface area (Å²) in [5.41, 5.74) is 2.21. The molecular weight excluding hydrogens is 323 g/mol. The van der Waals surface area contributed by atoms with Gasteiger partial charge in [0, 0.05) is 19.3 Å². The van der Waals surface area contributed by atoms with Crippen LogP contribution in [0.2, 0.25) is 0 Å². The molecule has 0 aromatic carbocycles. The number of carbonyl (C=O) groups excluding carboxylic acids is 1. The van der Waals surface area contributed by atoms with Gasteiger partial charge in [-0.3, -0.25) is 15.0 Å². The third-order valence-corrected chi connectivity index (χ3v) is 2.79. The van der Waals surface area contributed by atoms with Crippen LogP contribution in [0.15, 0.2) is 21.5 Å². The highest BCUT2D eigenvalue weighted by Gasteiger charge is 2.09. The van der Waals surface area contributed by atoms with Crippen LogP contribution >= 0.6 is 28.3 Å². The van der Waals surface area contributed by atoms with Crippen molar-refractivity contribution < 1.29 is 4.79 Å². The molecule has 1 heterocycles. The molecule has 0 saturated heterocycles. The molecule has 0 aliphatic carbocycles. The number of carbonyl (C=O) groups is 1. The molecule has 1 aromatic heterocycles. The van der Waals surface area contributed by atoms with E-state index >= 15 is 0 Å². The Morgan fingerprint density at radius 2 is 2.17 bits per heavy atom. The number of hydrogen-bond donors (Lipinski definition) is 2. The highest BCUT2D eigenvalue weighted by Crippen LogP contribution is 2.07. The summed E-state index contributed by atoms with van der Waals surface area (Å²) >= 11 is 3.13. The SMILES string of the molecule is CN(C)CCn1cc(C(=O)NN)cc(Br)c1=O.Cl. The van der Waals surface area contributed by atoms with Crippen LogP contribution in [0.4, 0.5) is 0 Å². The van der Waals surface area contributed by atoms with Gasteiger partial charge < -0.3 is 9.47 Å². The molecule has 8 heteroatoms. The number of hydrogen-bond acceptors (Lipinski definition) is 4. The van der Waals surface area contributed by atoms with Gasteiger partial charge in [-0.05, 0) is 36.1 Å². The van der Waals surface area contributed by atoms with E-state index in [4.69, 9.17) is 5.84 Å². The maximum absolute atomic E-state index is 11.8. The number of halogens is 2. The van der Waals surface area contributed by atoms with E-state index in [-0.39, 0.29) is 18.0 Å². The lowest BCUT2D eigenvalue weighted by Gasteiger charge is -2.12. The van der Waals surface area contributed by atoms with Crippen molar-refractivity contribution >= 4 is 34.2 Å². The fourth-order valence-electron chi connectivity index (χ4n) is 1.28. The first-order valence-electron chi connectivity index (χ1n) is 5.01. The minimum absolute atomic E-state index is 0. The van der Waals surface area contributed by atoms with Gasteiger partial charge in [-0.15, -0.1) is 12.4 Å². The molecule has 0 radical (unpaired) electrons. The van der Waals surface area contributed by atoms with Crippen LogP contribution < -0.4 is 16.8 Å². The Kier molecular flexibility index (Phi) is 7.15. The molecule has 0 atom stereocenters. The maximum Gasteiger partial charge on any atom is 0.266 e. The van der Waals surface area contributed by atoms with Crippen molar-refractivity contribution in [1.82, 2.24) is 14.9 Å². The summed E-state index contributed by atoms with van der Waals surface area (Å²) in [4.78, 5) is 25.1. The van der Waals surface area contributed by atoms with Crippen molar-refractivity contribution in [2.24, 2.45) is 5.84 Å². The number of nitrogens with two attached hydrogens (primary N) is 1. The van der Waals surface area contributed by atoms with Crippen LogP contribution in [0.3, 0.4) is 0 Å². The number of nitrogens with one attached hydrogen (secondary N) is 1. The van der Waals surface area contributed by atoms with Gasteiger partial charge in [0.15, 0.2) is 0 Å². The summed E-state index contributed by atoms with van der Waals surface area (Å²) in [6.07, 6.45) is 1.50. The van der Waals surface area contributed by atoms with Gasteiger partial charge in [0.1, 0.15) is 0 Å². The summed E-state index contributed by atoms with van der Waals surface area (Å²) in [5, 5.41) is 0. The summed E-state index contributed by atoms with van der Waals surface area (Å²) in [5.74, 6) is 4.63. The van der Waals surface area contributed by atoms with Crippen molar-refractivity contribution in [3.8, 4) is 0 Å². The van der Waals surface area contributed by atoms with Crippen LogP contribution in [0, 0.1) is 0 Å². The second-order valence-corrected chi connectivity index (χ2v) is 4.71. The van der Waals surface area contributed by atoms with Crippen LogP contribution in [0.5, 0.6) is 0 Å². The topological polar surface area (TPSA) is 80.4 Å². The van der Waals surface area contributed by atoms with E-state index < -0.39 is 5.91 Å². The van der Waals surface area contributed by atoms with Crippen molar-refractivity contribution in [1.29, 1.82) is 0 Å². The molecule has 1 rings (SSSR count). The molecule has 0 bridgehead atoms. The van der Waals surface area contributed by atoms with Gasteiger partial charge in [0.25, 0.3) is 11.5 Å². The first kappa shape index (κ1) is 17.1. The fourth-order valence-corrected chi connectivity index (χ4v) is 1.75. The van der Waals surface area contributed by atoms with E-state index in [0.29, 0.717) is 23.1 Å². The van der Waals surface area contributed by atoms with Crippen molar-refractivity contribution in [3.05, 3.63) is 32.7 Å². The number of hydrazine groups is 1. The maximum atomic E-state index is 11.8. The van der Waals surface area contributed by atoms with Crippen molar-refractivity contribution in [3.63, 3.8) is 0 Å². The van der Waals surface area contributed by atoms with Gasteiger partial charge in [-0.25, -0.2) is 5.84 Å². The predicted molar refractivity (Wildman–Crippen MR) is 75.9 cm³/mol. The van der Waals surface area contributed by atoms with E-state index in [1.54, 1.807) is 0 Å². The fraction of sp³-hybridized carbons (Fsp3) is 0.400. The monoisotopic (exact) mass is 338 g/mol. The molecule has 6 nitrogen and oxygen atoms in total. The van der Waals surface area contributed by atoms with Crippen molar-refractivity contribution in [2.45, 2.75) is 6.54 Å². The number of rotatable bonds is 4. The summed E-state index contributed by atoms with van der Waals surface area (Å²) in [6.45, 7) is 1.22. The number of likely N-dealkylation sites (N-methyl/N-ethyl adjacent to an activating group) is 1. The summed E-state index contributed by atoms with van der Waals surface area (Å²) in [6, 6.07) is 1.46. The molecule has 0 aliphatic heterocycles. The largest absolute Gasteiger partial charge is 0.312 e. The molecule has 18 heavy (non-hydrogen) atoms. The Balaban J connectivity index is 0.00000289. The van der Waals surface area contributed by atoms with Gasteiger partial charge in [-0.2, -0.15) is 0 Å². The molecule has 1 aromatic rings. The number of nitrogen functional groups attached to an aromatic ring is 1. The molecule has 0 fully saturated rings. The van der Waals surface area contributed by atoms with Gasteiger partial charge in [-0.1, -0.05) is 0 Å². The third kappa shape index (κ3) is 4.41. The zero-order valence-corrected chi connectivity index (χ0v) is 12.5. The minimum atomic E-state index is -0.427. The molecule has 0 saturated carbocycles. The van der Waals surface area contributed by atoms with Gasteiger partial charge in [0.05, 0.1) is 10.0 Å². The van der Waals surface area contributed by atoms with Gasteiger partial charge in [0.2, 0.25) is 0 Å². The molecule has 0 unspecified atom stereocenters. The Morgan fingerprint density at radius 1 is 1.56 bits per heavy atom. The molecule has 0 spiro atoms. The van der Waals surface area contributed by atoms with Crippen LogP contribution in [-0.4, -0.2) is 36.0 Å². The second-order valence-electron chi connectivity index (χ2n) is 3.85. The number of nitrogens with zero attached hydrogens (tertiary/aromatic N) is 2. The number of pyridine rings is 1. The zero-order valence-electron chi connectivity index (χ0n) is 10.1. The standard InChI is InChI=1S/C10H15BrN4O2.ClH/c1-14(2)3-4-15-6-7(9(16)13-12)5-8(11)10(15)17;/h5-6H,3-4,12H2,1-2H3,(H,13,16);1H. The molecule has 1 amide bonds.